The smallest absolute Gasteiger partial charge is 0.124 e. The molecule has 0 fully saturated rings. The summed E-state index contributed by atoms with van der Waals surface area (Å²) < 4.78 is 13.2. The lowest BCUT2D eigenvalue weighted by Crippen LogP contribution is -1.88. The third-order valence-corrected chi connectivity index (χ3v) is 3.12. The van der Waals surface area contributed by atoms with Crippen molar-refractivity contribution < 1.29 is 9.50 Å². The predicted molar refractivity (Wildman–Crippen MR) is 66.8 cm³/mol. The summed E-state index contributed by atoms with van der Waals surface area (Å²) in [5, 5.41) is 8.57. The minimum absolute atomic E-state index is 0.198. The SMILES string of the molecule is CCCSCc1cc(F)cc(C#CCO)c1. The van der Waals surface area contributed by atoms with Crippen LogP contribution in [0.1, 0.15) is 24.5 Å². The molecule has 1 nitrogen and oxygen atoms in total. The van der Waals surface area contributed by atoms with Crippen LogP contribution in [0.2, 0.25) is 0 Å². The van der Waals surface area contributed by atoms with Crippen molar-refractivity contribution in [1.29, 1.82) is 0 Å². The second-order valence-corrected chi connectivity index (χ2v) is 4.47. The first-order chi connectivity index (χ1) is 7.76. The number of hydrogen-bond donors (Lipinski definition) is 1. The zero-order chi connectivity index (χ0) is 11.8. The van der Waals surface area contributed by atoms with E-state index in [1.165, 1.54) is 12.1 Å². The van der Waals surface area contributed by atoms with Gasteiger partial charge in [-0.3, -0.25) is 0 Å². The normalized spacial score (nSPS) is 9.69. The highest BCUT2D eigenvalue weighted by Gasteiger charge is 1.99. The lowest BCUT2D eigenvalue weighted by Gasteiger charge is -2.02. The summed E-state index contributed by atoms with van der Waals surface area (Å²) in [6.07, 6.45) is 1.12. The number of halogens is 1. The summed E-state index contributed by atoms with van der Waals surface area (Å²) in [5.41, 5.74) is 1.57. The molecule has 3 heteroatoms. The number of rotatable bonds is 4. The second kappa shape index (κ2) is 7.32. The number of hydrogen-bond acceptors (Lipinski definition) is 2. The molecule has 1 aromatic rings. The Morgan fingerprint density at radius 3 is 2.88 bits per heavy atom. The van der Waals surface area contributed by atoms with Crippen molar-refractivity contribution in [3.8, 4) is 11.8 Å². The van der Waals surface area contributed by atoms with Crippen LogP contribution in [0.5, 0.6) is 0 Å². The largest absolute Gasteiger partial charge is 0.384 e. The van der Waals surface area contributed by atoms with Crippen molar-refractivity contribution in [2.75, 3.05) is 12.4 Å². The molecular weight excluding hydrogens is 223 g/mol. The molecule has 0 aliphatic heterocycles. The maximum absolute atomic E-state index is 13.2. The van der Waals surface area contributed by atoms with Gasteiger partial charge in [0, 0.05) is 11.3 Å². The van der Waals surface area contributed by atoms with E-state index in [4.69, 9.17) is 5.11 Å². The van der Waals surface area contributed by atoms with Gasteiger partial charge in [0.25, 0.3) is 0 Å². The van der Waals surface area contributed by atoms with E-state index in [1.54, 1.807) is 11.8 Å². The molecule has 0 spiro atoms. The Hall–Kier alpha value is -0.980. The van der Waals surface area contributed by atoms with Crippen molar-refractivity contribution in [3.63, 3.8) is 0 Å². The van der Waals surface area contributed by atoms with Gasteiger partial charge in [-0.15, -0.1) is 0 Å². The van der Waals surface area contributed by atoms with Gasteiger partial charge in [0.05, 0.1) is 0 Å². The van der Waals surface area contributed by atoms with Crippen LogP contribution in [-0.4, -0.2) is 17.5 Å². The molecule has 0 aromatic heterocycles. The first kappa shape index (κ1) is 13.1. The van der Waals surface area contributed by atoms with E-state index in [9.17, 15) is 4.39 Å². The predicted octanol–water partition coefficient (Wildman–Crippen LogP) is 2.81. The Balaban J connectivity index is 2.73. The molecule has 0 bridgehead atoms. The summed E-state index contributed by atoms with van der Waals surface area (Å²) in [4.78, 5) is 0. The molecule has 0 radical (unpaired) electrons. The molecule has 0 heterocycles. The summed E-state index contributed by atoms with van der Waals surface area (Å²) in [5.74, 6) is 6.85. The highest BCUT2D eigenvalue weighted by molar-refractivity contribution is 7.98. The molecular formula is C13H15FOS. The molecule has 0 amide bonds. The van der Waals surface area contributed by atoms with Crippen molar-refractivity contribution in [2.45, 2.75) is 19.1 Å². The second-order valence-electron chi connectivity index (χ2n) is 3.36. The first-order valence-corrected chi connectivity index (χ1v) is 6.38. The summed E-state index contributed by atoms with van der Waals surface area (Å²) >= 11 is 1.78. The fraction of sp³-hybridized carbons (Fsp3) is 0.385. The van der Waals surface area contributed by atoms with Crippen LogP contribution >= 0.6 is 11.8 Å². The molecule has 0 aliphatic carbocycles. The van der Waals surface area contributed by atoms with Gasteiger partial charge in [-0.05, 0) is 35.9 Å². The quantitative estimate of drug-likeness (QED) is 0.643. The summed E-state index contributed by atoms with van der Waals surface area (Å²) in [6.45, 7) is 1.92. The van der Waals surface area contributed by atoms with E-state index < -0.39 is 0 Å². The van der Waals surface area contributed by atoms with Crippen molar-refractivity contribution >= 4 is 11.8 Å². The van der Waals surface area contributed by atoms with Gasteiger partial charge in [0.2, 0.25) is 0 Å². The van der Waals surface area contributed by atoms with E-state index in [1.807, 2.05) is 6.07 Å². The van der Waals surface area contributed by atoms with E-state index in [-0.39, 0.29) is 12.4 Å². The molecule has 16 heavy (non-hydrogen) atoms. The fourth-order valence-electron chi connectivity index (χ4n) is 1.28. The zero-order valence-corrected chi connectivity index (χ0v) is 10.1. The van der Waals surface area contributed by atoms with Crippen molar-refractivity contribution in [2.24, 2.45) is 0 Å². The Kier molecular flexibility index (Phi) is 5.99. The standard InChI is InChI=1S/C13H15FOS/c1-2-6-16-10-12-7-11(4-3-5-15)8-13(14)9-12/h7-9,15H,2,5-6,10H2,1H3. The Labute approximate surface area is 100 Å². The highest BCUT2D eigenvalue weighted by atomic mass is 32.2. The van der Waals surface area contributed by atoms with Gasteiger partial charge in [0.1, 0.15) is 12.4 Å². The summed E-state index contributed by atoms with van der Waals surface area (Å²) in [7, 11) is 0. The number of thioether (sulfide) groups is 1. The van der Waals surface area contributed by atoms with Gasteiger partial charge in [-0.25, -0.2) is 4.39 Å². The Morgan fingerprint density at radius 1 is 1.38 bits per heavy atom. The number of aliphatic hydroxyl groups excluding tert-OH is 1. The number of benzene rings is 1. The molecule has 1 rings (SSSR count). The van der Waals surface area contributed by atoms with Crippen LogP contribution in [-0.2, 0) is 5.75 Å². The van der Waals surface area contributed by atoms with Crippen LogP contribution in [0.15, 0.2) is 18.2 Å². The molecule has 86 valence electrons. The topological polar surface area (TPSA) is 20.2 Å². The maximum atomic E-state index is 13.2. The van der Waals surface area contributed by atoms with Gasteiger partial charge < -0.3 is 5.11 Å². The summed E-state index contributed by atoms with van der Waals surface area (Å²) in [6, 6.07) is 4.79. The van der Waals surface area contributed by atoms with Crippen LogP contribution < -0.4 is 0 Å². The van der Waals surface area contributed by atoms with Gasteiger partial charge in [-0.1, -0.05) is 18.8 Å². The van der Waals surface area contributed by atoms with E-state index >= 15 is 0 Å². The molecule has 0 saturated carbocycles. The van der Waals surface area contributed by atoms with Crippen LogP contribution in [0.3, 0.4) is 0 Å². The zero-order valence-electron chi connectivity index (χ0n) is 9.29. The van der Waals surface area contributed by atoms with E-state index in [2.05, 4.69) is 18.8 Å². The van der Waals surface area contributed by atoms with Gasteiger partial charge in [-0.2, -0.15) is 11.8 Å². The van der Waals surface area contributed by atoms with Crippen LogP contribution in [0.4, 0.5) is 4.39 Å². The minimum Gasteiger partial charge on any atom is -0.384 e. The maximum Gasteiger partial charge on any atom is 0.124 e. The van der Waals surface area contributed by atoms with Crippen molar-refractivity contribution in [3.05, 3.63) is 35.1 Å². The molecule has 0 atom stereocenters. The van der Waals surface area contributed by atoms with Gasteiger partial charge >= 0.3 is 0 Å². The molecule has 0 saturated heterocycles. The highest BCUT2D eigenvalue weighted by Crippen LogP contribution is 2.16. The van der Waals surface area contributed by atoms with Crippen molar-refractivity contribution in [1.82, 2.24) is 0 Å². The fourth-order valence-corrected chi connectivity index (χ4v) is 2.12. The van der Waals surface area contributed by atoms with Crippen LogP contribution in [0, 0.1) is 17.7 Å². The molecule has 1 aromatic carbocycles. The van der Waals surface area contributed by atoms with Crippen LogP contribution in [0.25, 0.3) is 0 Å². The lowest BCUT2D eigenvalue weighted by molar-refractivity contribution is 0.350. The van der Waals surface area contributed by atoms with E-state index in [0.717, 1.165) is 23.5 Å². The molecule has 1 N–H and O–H groups in total. The first-order valence-electron chi connectivity index (χ1n) is 5.23. The molecule has 0 aliphatic rings. The third-order valence-electron chi connectivity index (χ3n) is 1.89. The molecule has 0 unspecified atom stereocenters. The van der Waals surface area contributed by atoms with Gasteiger partial charge in [0.15, 0.2) is 0 Å². The number of aliphatic hydroxyl groups is 1. The minimum atomic E-state index is -0.267. The third kappa shape index (κ3) is 4.69. The average Bonchev–Trinajstić information content (AvgIpc) is 2.26. The Bertz CT molecular complexity index is 393. The average molecular weight is 238 g/mol. The Morgan fingerprint density at radius 2 is 2.19 bits per heavy atom. The monoisotopic (exact) mass is 238 g/mol. The van der Waals surface area contributed by atoms with E-state index in [0.29, 0.717) is 5.56 Å². The lowest BCUT2D eigenvalue weighted by atomic mass is 10.1.